The molecule has 3 heterocycles. The molecular weight excluding hydrogens is 351 g/mol. The standard InChI is InChI=1S/C20H23FN2O4/c1-5-20(26)16-8-14-10-22-13(6-7-21)9-19(3,4)12(2)23(14)17(24)15(16)11-27-18(20)25/h6-10,12,26H,5,11H2,1-4H3/b7-6+,13-9+,22-10+/t12?,20-/m0/s1. The van der Waals surface area contributed by atoms with Crippen molar-refractivity contribution in [3.63, 3.8) is 0 Å². The van der Waals surface area contributed by atoms with Crippen LogP contribution in [0.4, 0.5) is 4.39 Å². The van der Waals surface area contributed by atoms with Gasteiger partial charge in [-0.05, 0) is 25.5 Å². The van der Waals surface area contributed by atoms with Crippen molar-refractivity contribution in [3.05, 3.63) is 57.4 Å². The first-order valence-corrected chi connectivity index (χ1v) is 8.88. The fraction of sp³-hybridized carbons (Fsp3) is 0.450. The van der Waals surface area contributed by atoms with Crippen LogP contribution < -0.4 is 5.56 Å². The molecule has 3 rings (SSSR count). The van der Waals surface area contributed by atoms with Crippen molar-refractivity contribution in [1.82, 2.24) is 4.57 Å². The lowest BCUT2D eigenvalue weighted by atomic mass is 9.82. The molecule has 2 aliphatic rings. The maximum Gasteiger partial charge on any atom is 0.343 e. The first-order valence-electron chi connectivity index (χ1n) is 8.88. The molecule has 0 spiro atoms. The van der Waals surface area contributed by atoms with Crippen molar-refractivity contribution in [2.24, 2.45) is 10.4 Å². The highest BCUT2D eigenvalue weighted by molar-refractivity contribution is 5.85. The smallest absolute Gasteiger partial charge is 0.343 e. The van der Waals surface area contributed by atoms with E-state index in [1.807, 2.05) is 26.8 Å². The average Bonchev–Trinajstić information content (AvgIpc) is 2.61. The summed E-state index contributed by atoms with van der Waals surface area (Å²) >= 11 is 0. The Balaban J connectivity index is 2.33. The highest BCUT2D eigenvalue weighted by Gasteiger charge is 2.45. The summed E-state index contributed by atoms with van der Waals surface area (Å²) in [5.41, 5.74) is -1.31. The van der Waals surface area contributed by atoms with Gasteiger partial charge in [-0.15, -0.1) is 0 Å². The van der Waals surface area contributed by atoms with Gasteiger partial charge in [0, 0.05) is 17.0 Å². The Hall–Kier alpha value is -2.54. The third kappa shape index (κ3) is 2.96. The molecule has 0 fully saturated rings. The van der Waals surface area contributed by atoms with Gasteiger partial charge >= 0.3 is 5.97 Å². The van der Waals surface area contributed by atoms with E-state index >= 15 is 0 Å². The lowest BCUT2D eigenvalue weighted by Gasteiger charge is -2.36. The molecule has 0 saturated heterocycles. The third-order valence-corrected chi connectivity index (χ3v) is 5.58. The summed E-state index contributed by atoms with van der Waals surface area (Å²) in [6.07, 6.45) is 5.00. The number of rotatable bonds is 2. The summed E-state index contributed by atoms with van der Waals surface area (Å²) in [5, 5.41) is 10.8. The Morgan fingerprint density at radius 1 is 1.44 bits per heavy atom. The van der Waals surface area contributed by atoms with Crippen LogP contribution in [-0.4, -0.2) is 21.9 Å². The number of hydrogen-bond acceptors (Lipinski definition) is 5. The summed E-state index contributed by atoms with van der Waals surface area (Å²) in [5.74, 6) is -0.765. The highest BCUT2D eigenvalue weighted by Crippen LogP contribution is 2.38. The van der Waals surface area contributed by atoms with Crippen molar-refractivity contribution >= 4 is 12.2 Å². The first-order chi connectivity index (χ1) is 12.7. The van der Waals surface area contributed by atoms with Gasteiger partial charge < -0.3 is 14.4 Å². The Morgan fingerprint density at radius 3 is 2.78 bits per heavy atom. The van der Waals surface area contributed by atoms with Gasteiger partial charge in [-0.3, -0.25) is 9.79 Å². The minimum absolute atomic E-state index is 0.0790. The number of carbonyl (C=O) groups excluding carboxylic acids is 1. The molecule has 0 aliphatic carbocycles. The molecule has 6 nitrogen and oxygen atoms in total. The van der Waals surface area contributed by atoms with Gasteiger partial charge in [0.1, 0.15) is 6.61 Å². The molecule has 1 aromatic rings. The number of pyridine rings is 1. The van der Waals surface area contributed by atoms with E-state index in [1.54, 1.807) is 17.6 Å². The molecule has 144 valence electrons. The Kier molecular flexibility index (Phi) is 4.67. The minimum Gasteiger partial charge on any atom is -0.458 e. The van der Waals surface area contributed by atoms with Gasteiger partial charge in [-0.1, -0.05) is 26.8 Å². The molecule has 1 N–H and O–H groups in total. The average molecular weight is 374 g/mol. The number of halogens is 1. The number of aromatic nitrogens is 1. The fourth-order valence-corrected chi connectivity index (χ4v) is 3.56. The summed E-state index contributed by atoms with van der Waals surface area (Å²) < 4.78 is 19.4. The number of cyclic esters (lactones) is 1. The zero-order chi connectivity index (χ0) is 20.0. The van der Waals surface area contributed by atoms with Gasteiger partial charge in [0.05, 0.1) is 29.5 Å². The van der Waals surface area contributed by atoms with Crippen LogP contribution in [0.15, 0.2) is 40.0 Å². The fourth-order valence-electron chi connectivity index (χ4n) is 3.56. The van der Waals surface area contributed by atoms with Crippen LogP contribution in [0.5, 0.6) is 0 Å². The molecule has 0 bridgehead atoms. The quantitative estimate of drug-likeness (QED) is 0.807. The Labute approximate surface area is 156 Å². The second-order valence-electron chi connectivity index (χ2n) is 7.54. The topological polar surface area (TPSA) is 80.9 Å². The number of nitrogens with zero attached hydrogens (tertiary/aromatic N) is 2. The number of fused-ring (bicyclic) bond motifs is 2. The van der Waals surface area contributed by atoms with Crippen LogP contribution >= 0.6 is 0 Å². The summed E-state index contributed by atoms with van der Waals surface area (Å²) in [6.45, 7) is 7.23. The zero-order valence-electron chi connectivity index (χ0n) is 15.8. The second kappa shape index (κ2) is 6.56. The largest absolute Gasteiger partial charge is 0.458 e. The van der Waals surface area contributed by atoms with E-state index in [-0.39, 0.29) is 35.8 Å². The van der Waals surface area contributed by atoms with Gasteiger partial charge in [0.2, 0.25) is 0 Å². The van der Waals surface area contributed by atoms with Crippen molar-refractivity contribution in [2.45, 2.75) is 52.4 Å². The van der Waals surface area contributed by atoms with E-state index in [1.165, 1.54) is 12.3 Å². The van der Waals surface area contributed by atoms with Gasteiger partial charge in [-0.2, -0.15) is 0 Å². The number of carbonyl (C=O) groups is 1. The van der Waals surface area contributed by atoms with Crippen LogP contribution in [0.25, 0.3) is 0 Å². The van der Waals surface area contributed by atoms with E-state index in [0.717, 1.165) is 0 Å². The first kappa shape index (κ1) is 19.2. The van der Waals surface area contributed by atoms with Crippen LogP contribution in [0.2, 0.25) is 0 Å². The maximum atomic E-state index is 13.2. The van der Waals surface area contributed by atoms with Crippen molar-refractivity contribution in [3.8, 4) is 0 Å². The molecule has 0 amide bonds. The highest BCUT2D eigenvalue weighted by atomic mass is 19.1. The monoisotopic (exact) mass is 374 g/mol. The number of aliphatic imine (C=N–C) groups is 1. The van der Waals surface area contributed by atoms with Gasteiger partial charge in [0.15, 0.2) is 5.60 Å². The minimum atomic E-state index is -1.87. The lowest BCUT2D eigenvalue weighted by Crippen LogP contribution is -2.46. The molecular formula is C20H23FN2O4. The second-order valence-corrected chi connectivity index (χ2v) is 7.54. The van der Waals surface area contributed by atoms with E-state index < -0.39 is 17.0 Å². The zero-order valence-corrected chi connectivity index (χ0v) is 15.8. The van der Waals surface area contributed by atoms with Crippen LogP contribution in [0.1, 0.15) is 57.0 Å². The number of allylic oxidation sites excluding steroid dienone is 2. The molecule has 2 aliphatic heterocycles. The van der Waals surface area contributed by atoms with E-state index in [4.69, 9.17) is 4.74 Å². The van der Waals surface area contributed by atoms with Crippen molar-refractivity contribution in [2.75, 3.05) is 0 Å². The van der Waals surface area contributed by atoms with Crippen molar-refractivity contribution in [1.29, 1.82) is 0 Å². The Morgan fingerprint density at radius 2 is 2.15 bits per heavy atom. The maximum absolute atomic E-state index is 13.2. The lowest BCUT2D eigenvalue weighted by molar-refractivity contribution is -0.172. The van der Waals surface area contributed by atoms with Crippen LogP contribution in [0.3, 0.4) is 0 Å². The molecule has 0 aromatic carbocycles. The SMILES string of the molecule is CC[C@@]1(O)C(=O)OCc2c1cc1n(c2=O)C(C)C(C)(C)/C=C(\C=C\F)/N=C/1. The predicted octanol–water partition coefficient (Wildman–Crippen LogP) is 2.89. The molecule has 27 heavy (non-hydrogen) atoms. The summed E-state index contributed by atoms with van der Waals surface area (Å²) in [6, 6.07) is 1.33. The van der Waals surface area contributed by atoms with Crippen LogP contribution in [-0.2, 0) is 21.7 Å². The molecule has 2 atom stereocenters. The molecule has 0 radical (unpaired) electrons. The molecule has 7 heteroatoms. The predicted molar refractivity (Wildman–Crippen MR) is 99.1 cm³/mol. The van der Waals surface area contributed by atoms with Crippen LogP contribution in [0, 0.1) is 5.41 Å². The van der Waals surface area contributed by atoms with Gasteiger partial charge in [-0.25, -0.2) is 9.18 Å². The van der Waals surface area contributed by atoms with Gasteiger partial charge in [0.25, 0.3) is 5.56 Å². The summed E-state index contributed by atoms with van der Waals surface area (Å²) in [7, 11) is 0. The van der Waals surface area contributed by atoms with E-state index in [9.17, 15) is 19.1 Å². The number of hydrogen-bond donors (Lipinski definition) is 1. The molecule has 1 aromatic heterocycles. The van der Waals surface area contributed by atoms with E-state index in [0.29, 0.717) is 17.7 Å². The molecule has 0 saturated carbocycles. The number of esters is 1. The van der Waals surface area contributed by atoms with Crippen molar-refractivity contribution < 1.29 is 19.0 Å². The Bertz CT molecular complexity index is 942. The van der Waals surface area contributed by atoms with E-state index in [2.05, 4.69) is 4.99 Å². The normalized spacial score (nSPS) is 29.8. The number of ether oxygens (including phenoxy) is 1. The third-order valence-electron chi connectivity index (χ3n) is 5.58. The number of aliphatic hydroxyl groups is 1. The molecule has 1 unspecified atom stereocenters. The summed E-state index contributed by atoms with van der Waals surface area (Å²) in [4.78, 5) is 29.7.